The number of anilines is 1. The average Bonchev–Trinajstić information content (AvgIpc) is 3.61. The molecule has 0 unspecified atom stereocenters. The van der Waals surface area contributed by atoms with Gasteiger partial charge in [-0.25, -0.2) is 18.2 Å². The Morgan fingerprint density at radius 1 is 1.14 bits per heavy atom. The van der Waals surface area contributed by atoms with E-state index in [-0.39, 0.29) is 23.6 Å². The van der Waals surface area contributed by atoms with Crippen molar-refractivity contribution in [3.05, 3.63) is 77.0 Å². The van der Waals surface area contributed by atoms with E-state index in [2.05, 4.69) is 9.97 Å². The van der Waals surface area contributed by atoms with Crippen molar-refractivity contribution in [1.82, 2.24) is 9.97 Å². The Kier molecular flexibility index (Phi) is 6.51. The third kappa shape index (κ3) is 4.84. The molecule has 1 aliphatic carbocycles. The molecule has 1 saturated heterocycles. The molecule has 7 nitrogen and oxygen atoms in total. The van der Waals surface area contributed by atoms with Gasteiger partial charge in [0.2, 0.25) is 0 Å². The minimum absolute atomic E-state index is 0.0846. The second-order valence-corrected chi connectivity index (χ2v) is 10.0. The number of carbonyl (C=O) groups is 1. The van der Waals surface area contributed by atoms with Crippen LogP contribution in [0.1, 0.15) is 41.4 Å². The van der Waals surface area contributed by atoms with Gasteiger partial charge in [0.05, 0.1) is 17.3 Å². The van der Waals surface area contributed by atoms with E-state index < -0.39 is 52.2 Å². The van der Waals surface area contributed by atoms with E-state index in [9.17, 15) is 28.2 Å². The van der Waals surface area contributed by atoms with Crippen LogP contribution in [-0.4, -0.2) is 51.2 Å². The third-order valence-electron chi connectivity index (χ3n) is 7.20. The lowest BCUT2D eigenvalue weighted by Crippen LogP contribution is -2.55. The third-order valence-corrected chi connectivity index (χ3v) is 7.20. The van der Waals surface area contributed by atoms with Crippen molar-refractivity contribution in [2.45, 2.75) is 43.9 Å². The van der Waals surface area contributed by atoms with Gasteiger partial charge in [0.15, 0.2) is 5.78 Å². The second kappa shape index (κ2) is 9.51. The van der Waals surface area contributed by atoms with Crippen molar-refractivity contribution in [2.24, 2.45) is 11.7 Å². The summed E-state index contributed by atoms with van der Waals surface area (Å²) in [5.41, 5.74) is 4.74. The molecule has 1 aliphatic heterocycles. The van der Waals surface area contributed by atoms with Gasteiger partial charge < -0.3 is 20.8 Å². The van der Waals surface area contributed by atoms with Gasteiger partial charge in [0.1, 0.15) is 28.8 Å². The van der Waals surface area contributed by atoms with Crippen LogP contribution in [0, 0.1) is 23.4 Å². The van der Waals surface area contributed by atoms with Gasteiger partial charge in [-0.05, 0) is 48.7 Å². The standard InChI is InChI=1S/C27H27F3N4O3/c1-14-12-34(13-20(31)26(14)36)22-4-7-32-11-15(22)8-23(35)21-3-2-17(28)25(33-21)24-18(29)9-16(10-19(24)30)27(37)5-6-27/h2-4,7,9-11,14,20,26,36-37H,5-6,8,12-13,31H2,1H3/t14-,20+,26+/m0/s1. The van der Waals surface area contributed by atoms with E-state index >= 15 is 0 Å². The lowest BCUT2D eigenvalue weighted by atomic mass is 9.92. The Morgan fingerprint density at radius 2 is 1.84 bits per heavy atom. The average molecular weight is 513 g/mol. The maximum atomic E-state index is 14.9. The molecule has 10 heteroatoms. The Bertz CT molecular complexity index is 1330. The summed E-state index contributed by atoms with van der Waals surface area (Å²) in [6, 6.07) is 5.37. The number of ketones is 1. The normalized spacial score (nSPS) is 22.7. The predicted molar refractivity (Wildman–Crippen MR) is 130 cm³/mol. The summed E-state index contributed by atoms with van der Waals surface area (Å²) in [7, 11) is 0. The number of aliphatic hydroxyl groups excluding tert-OH is 1. The number of nitrogens with two attached hydrogens (primary N) is 1. The number of halogens is 3. The second-order valence-electron chi connectivity index (χ2n) is 10.0. The number of benzene rings is 1. The van der Waals surface area contributed by atoms with Crippen LogP contribution in [0.5, 0.6) is 0 Å². The number of piperidine rings is 1. The molecular formula is C27H27F3N4O3. The molecule has 0 spiro atoms. The highest BCUT2D eigenvalue weighted by atomic mass is 19.1. The first-order valence-corrected chi connectivity index (χ1v) is 12.1. The minimum atomic E-state index is -1.26. The number of hydrogen-bond acceptors (Lipinski definition) is 7. The van der Waals surface area contributed by atoms with Crippen LogP contribution in [0.4, 0.5) is 18.9 Å². The number of hydrogen-bond donors (Lipinski definition) is 3. The molecule has 37 heavy (non-hydrogen) atoms. The van der Waals surface area contributed by atoms with Gasteiger partial charge in [-0.3, -0.25) is 9.78 Å². The number of aliphatic hydroxyl groups is 2. The fourth-order valence-corrected chi connectivity index (χ4v) is 4.89. The molecular weight excluding hydrogens is 485 g/mol. The monoisotopic (exact) mass is 512 g/mol. The van der Waals surface area contributed by atoms with E-state index in [1.165, 1.54) is 6.07 Å². The summed E-state index contributed by atoms with van der Waals surface area (Å²) in [5, 5.41) is 20.4. The summed E-state index contributed by atoms with van der Waals surface area (Å²) >= 11 is 0. The fourth-order valence-electron chi connectivity index (χ4n) is 4.89. The molecule has 4 N–H and O–H groups in total. The number of rotatable bonds is 6. The quantitative estimate of drug-likeness (QED) is 0.435. The van der Waals surface area contributed by atoms with Crippen molar-refractivity contribution in [1.29, 1.82) is 0 Å². The molecule has 2 aliphatic rings. The van der Waals surface area contributed by atoms with Crippen LogP contribution in [-0.2, 0) is 12.0 Å². The van der Waals surface area contributed by atoms with E-state index in [4.69, 9.17) is 5.73 Å². The van der Waals surface area contributed by atoms with Crippen LogP contribution in [0.25, 0.3) is 11.3 Å². The van der Waals surface area contributed by atoms with Crippen LogP contribution in [0.2, 0.25) is 0 Å². The Morgan fingerprint density at radius 3 is 2.49 bits per heavy atom. The van der Waals surface area contributed by atoms with Crippen molar-refractivity contribution >= 4 is 11.5 Å². The molecule has 1 saturated carbocycles. The zero-order chi connectivity index (χ0) is 26.5. The van der Waals surface area contributed by atoms with Crippen LogP contribution >= 0.6 is 0 Å². The largest absolute Gasteiger partial charge is 0.391 e. The number of aromatic nitrogens is 2. The van der Waals surface area contributed by atoms with Gasteiger partial charge in [0, 0.05) is 55.1 Å². The van der Waals surface area contributed by atoms with Crippen molar-refractivity contribution in [2.75, 3.05) is 18.0 Å². The molecule has 1 aromatic carbocycles. The summed E-state index contributed by atoms with van der Waals surface area (Å²) in [6.07, 6.45) is 3.14. The van der Waals surface area contributed by atoms with Gasteiger partial charge in [-0.15, -0.1) is 0 Å². The van der Waals surface area contributed by atoms with Crippen LogP contribution in [0.3, 0.4) is 0 Å². The molecule has 0 bridgehead atoms. The lowest BCUT2D eigenvalue weighted by molar-refractivity contribution is 0.0784. The van der Waals surface area contributed by atoms with Gasteiger partial charge >= 0.3 is 0 Å². The molecule has 2 aromatic heterocycles. The van der Waals surface area contributed by atoms with E-state index in [0.717, 1.165) is 23.9 Å². The number of carbonyl (C=O) groups excluding carboxylic acids is 1. The highest BCUT2D eigenvalue weighted by molar-refractivity contribution is 5.97. The first-order valence-electron chi connectivity index (χ1n) is 12.1. The van der Waals surface area contributed by atoms with Crippen molar-refractivity contribution in [3.8, 4) is 11.3 Å². The molecule has 3 atom stereocenters. The fraction of sp³-hybridized carbons (Fsp3) is 0.370. The predicted octanol–water partition coefficient (Wildman–Crippen LogP) is 3.11. The smallest absolute Gasteiger partial charge is 0.185 e. The number of pyridine rings is 2. The molecule has 3 heterocycles. The summed E-state index contributed by atoms with van der Waals surface area (Å²) in [5.74, 6) is -3.70. The summed E-state index contributed by atoms with van der Waals surface area (Å²) < 4.78 is 44.4. The Labute approximate surface area is 211 Å². The van der Waals surface area contributed by atoms with Crippen LogP contribution in [0.15, 0.2) is 42.7 Å². The topological polar surface area (TPSA) is 113 Å². The zero-order valence-electron chi connectivity index (χ0n) is 20.2. The first kappa shape index (κ1) is 25.3. The van der Waals surface area contributed by atoms with E-state index in [0.29, 0.717) is 31.5 Å². The highest BCUT2D eigenvalue weighted by Crippen LogP contribution is 2.46. The van der Waals surface area contributed by atoms with E-state index in [1.54, 1.807) is 18.5 Å². The van der Waals surface area contributed by atoms with Crippen molar-refractivity contribution in [3.63, 3.8) is 0 Å². The summed E-state index contributed by atoms with van der Waals surface area (Å²) in [6.45, 7) is 2.81. The first-order chi connectivity index (χ1) is 17.6. The summed E-state index contributed by atoms with van der Waals surface area (Å²) in [4.78, 5) is 23.3. The maximum absolute atomic E-state index is 14.9. The SMILES string of the molecule is C[C@H]1CN(c2ccncc2CC(=O)c2ccc(F)c(-c3c(F)cc(C4(O)CC4)cc3F)n2)C[C@@H](N)[C@@H]1O. The molecule has 3 aromatic rings. The Hall–Kier alpha value is -3.34. The number of nitrogens with zero attached hydrogens (tertiary/aromatic N) is 3. The minimum Gasteiger partial charge on any atom is -0.391 e. The zero-order valence-corrected chi connectivity index (χ0v) is 20.2. The molecule has 194 valence electrons. The van der Waals surface area contributed by atoms with Gasteiger partial charge in [0.25, 0.3) is 0 Å². The van der Waals surface area contributed by atoms with Crippen molar-refractivity contribution < 1.29 is 28.2 Å². The van der Waals surface area contributed by atoms with Gasteiger partial charge in [-0.1, -0.05) is 6.92 Å². The Balaban J connectivity index is 1.43. The lowest BCUT2D eigenvalue weighted by Gasteiger charge is -2.40. The molecule has 5 rings (SSSR count). The molecule has 0 radical (unpaired) electrons. The molecule has 0 amide bonds. The van der Waals surface area contributed by atoms with Gasteiger partial charge in [-0.2, -0.15) is 0 Å². The molecule has 2 fully saturated rings. The van der Waals surface area contributed by atoms with E-state index in [1.807, 2.05) is 11.8 Å². The number of Topliss-reactive ketones (excluding diaryl/α,β-unsaturated/α-hetero) is 1. The maximum Gasteiger partial charge on any atom is 0.185 e. The van der Waals surface area contributed by atoms with Crippen LogP contribution < -0.4 is 10.6 Å². The highest BCUT2D eigenvalue weighted by Gasteiger charge is 2.43.